The molecule has 2 aromatic rings. The van der Waals surface area contributed by atoms with E-state index in [1.807, 2.05) is 19.1 Å². The predicted octanol–water partition coefficient (Wildman–Crippen LogP) is 5.13. The summed E-state index contributed by atoms with van der Waals surface area (Å²) in [5.41, 5.74) is 2.82. The van der Waals surface area contributed by atoms with Crippen LogP contribution in [0, 0.1) is 18.3 Å². The Morgan fingerprint density at radius 3 is 2.81 bits per heavy atom. The van der Waals surface area contributed by atoms with Gasteiger partial charge in [-0.1, -0.05) is 45.4 Å². The van der Waals surface area contributed by atoms with Crippen LogP contribution in [0.4, 0.5) is 5.69 Å². The summed E-state index contributed by atoms with van der Waals surface area (Å²) in [6.07, 6.45) is 0.125. The Bertz CT molecular complexity index is 1110. The van der Waals surface area contributed by atoms with E-state index in [9.17, 15) is 14.9 Å². The van der Waals surface area contributed by atoms with Crippen LogP contribution in [0.25, 0.3) is 0 Å². The van der Waals surface area contributed by atoms with Crippen molar-refractivity contribution in [2.75, 3.05) is 18.2 Å². The van der Waals surface area contributed by atoms with Crippen LogP contribution in [0.3, 0.4) is 0 Å². The molecule has 1 aliphatic heterocycles. The molecule has 1 heterocycles. The quantitative estimate of drug-likeness (QED) is 0.551. The molecule has 9 heteroatoms. The molecule has 0 radical (unpaired) electrons. The van der Waals surface area contributed by atoms with E-state index >= 15 is 0 Å². The fourth-order valence-electron chi connectivity index (χ4n) is 3.17. The van der Waals surface area contributed by atoms with Gasteiger partial charge < -0.3 is 15.4 Å². The third-order valence-electron chi connectivity index (χ3n) is 4.72. The summed E-state index contributed by atoms with van der Waals surface area (Å²) in [5, 5.41) is 16.1. The Hall–Kier alpha value is -2.47. The van der Waals surface area contributed by atoms with E-state index in [0.29, 0.717) is 27.1 Å². The molecule has 3 rings (SSSR count). The van der Waals surface area contributed by atoms with Gasteiger partial charge >= 0.3 is 0 Å². The van der Waals surface area contributed by atoms with Gasteiger partial charge in [-0.25, -0.2) is 0 Å². The number of methoxy groups -OCH3 is 1. The first kappa shape index (κ1) is 23.2. The van der Waals surface area contributed by atoms with Crippen molar-refractivity contribution in [2.24, 2.45) is 0 Å². The molecule has 6 nitrogen and oxygen atoms in total. The molecule has 0 aromatic heterocycles. The fourth-order valence-corrected chi connectivity index (χ4v) is 4.56. The third kappa shape index (κ3) is 5.62. The Morgan fingerprint density at radius 1 is 1.39 bits per heavy atom. The van der Waals surface area contributed by atoms with E-state index in [4.69, 9.17) is 16.3 Å². The van der Waals surface area contributed by atoms with Crippen molar-refractivity contribution in [3.63, 3.8) is 0 Å². The van der Waals surface area contributed by atoms with Crippen LogP contribution in [0.5, 0.6) is 5.75 Å². The van der Waals surface area contributed by atoms with Crippen molar-refractivity contribution in [2.45, 2.75) is 19.3 Å². The maximum Gasteiger partial charge on any atom is 0.234 e. The largest absolute Gasteiger partial charge is 0.495 e. The van der Waals surface area contributed by atoms with Crippen LogP contribution in [0.2, 0.25) is 5.02 Å². The smallest absolute Gasteiger partial charge is 0.234 e. The zero-order valence-corrected chi connectivity index (χ0v) is 20.0. The van der Waals surface area contributed by atoms with Gasteiger partial charge in [0.15, 0.2) is 0 Å². The van der Waals surface area contributed by atoms with Gasteiger partial charge in [0, 0.05) is 22.5 Å². The molecule has 160 valence electrons. The number of nitrogens with one attached hydrogen (secondary N) is 2. The average molecular weight is 521 g/mol. The number of carbonyl (C=O) groups excluding carboxylic acids is 2. The maximum atomic E-state index is 12.4. The number of halogens is 2. The number of nitrogens with zero attached hydrogens (tertiary/aromatic N) is 1. The molecule has 0 spiro atoms. The Kier molecular flexibility index (Phi) is 7.65. The van der Waals surface area contributed by atoms with Crippen molar-refractivity contribution < 1.29 is 14.3 Å². The highest BCUT2D eigenvalue weighted by molar-refractivity contribution is 9.10. The second kappa shape index (κ2) is 10.2. The lowest BCUT2D eigenvalue weighted by atomic mass is 9.87. The monoisotopic (exact) mass is 519 g/mol. The van der Waals surface area contributed by atoms with E-state index in [0.717, 1.165) is 27.4 Å². The van der Waals surface area contributed by atoms with Gasteiger partial charge in [-0.15, -0.1) is 0 Å². The summed E-state index contributed by atoms with van der Waals surface area (Å²) >= 11 is 10.8. The number of nitriles is 1. The highest BCUT2D eigenvalue weighted by Crippen LogP contribution is 2.38. The summed E-state index contributed by atoms with van der Waals surface area (Å²) in [6.45, 7) is 1.93. The molecule has 1 aliphatic rings. The van der Waals surface area contributed by atoms with Crippen molar-refractivity contribution in [1.82, 2.24) is 5.32 Å². The van der Waals surface area contributed by atoms with Gasteiger partial charge in [-0.2, -0.15) is 5.26 Å². The van der Waals surface area contributed by atoms with E-state index in [2.05, 4.69) is 32.6 Å². The van der Waals surface area contributed by atoms with Crippen molar-refractivity contribution in [1.29, 1.82) is 5.26 Å². The predicted molar refractivity (Wildman–Crippen MR) is 126 cm³/mol. The SMILES string of the molecule is COc1ccc([C@@H]2CC(=O)NC(SCC(=O)Nc3ccc(Br)c(C)c3)=C2C#N)cc1Cl. The third-order valence-corrected chi connectivity index (χ3v) is 6.93. The van der Waals surface area contributed by atoms with E-state index < -0.39 is 5.92 Å². The number of thioether (sulfide) groups is 1. The summed E-state index contributed by atoms with van der Waals surface area (Å²) in [7, 11) is 1.52. The molecule has 2 N–H and O–H groups in total. The molecule has 1 atom stereocenters. The average Bonchev–Trinajstić information content (AvgIpc) is 2.74. The van der Waals surface area contributed by atoms with Gasteiger partial charge in [0.05, 0.1) is 34.6 Å². The number of ether oxygens (including phenoxy) is 1. The minimum Gasteiger partial charge on any atom is -0.495 e. The molecule has 0 fully saturated rings. The van der Waals surface area contributed by atoms with Gasteiger partial charge in [0.2, 0.25) is 11.8 Å². The number of rotatable bonds is 6. The maximum absolute atomic E-state index is 12.4. The van der Waals surface area contributed by atoms with Crippen LogP contribution in [0.15, 0.2) is 51.5 Å². The van der Waals surface area contributed by atoms with Gasteiger partial charge in [0.1, 0.15) is 5.75 Å². The molecule has 0 saturated carbocycles. The lowest BCUT2D eigenvalue weighted by Crippen LogP contribution is -2.31. The zero-order valence-electron chi connectivity index (χ0n) is 16.8. The fraction of sp³-hybridized carbons (Fsp3) is 0.227. The Balaban J connectivity index is 1.77. The Labute approximate surface area is 198 Å². The van der Waals surface area contributed by atoms with E-state index in [1.54, 1.807) is 24.3 Å². The van der Waals surface area contributed by atoms with Crippen LogP contribution < -0.4 is 15.4 Å². The molecule has 0 unspecified atom stereocenters. The van der Waals surface area contributed by atoms with E-state index in [-0.39, 0.29) is 24.0 Å². The molecule has 0 saturated heterocycles. The van der Waals surface area contributed by atoms with Crippen LogP contribution in [-0.4, -0.2) is 24.7 Å². The van der Waals surface area contributed by atoms with Crippen molar-refractivity contribution in [3.05, 3.63) is 67.6 Å². The number of hydrogen-bond acceptors (Lipinski definition) is 5. The van der Waals surface area contributed by atoms with Crippen molar-refractivity contribution >= 4 is 56.8 Å². The highest BCUT2D eigenvalue weighted by Gasteiger charge is 2.30. The first-order valence-electron chi connectivity index (χ1n) is 9.28. The topological polar surface area (TPSA) is 91.2 Å². The summed E-state index contributed by atoms with van der Waals surface area (Å²) in [5.74, 6) is -0.335. The number of allylic oxidation sites excluding steroid dienone is 1. The molecule has 31 heavy (non-hydrogen) atoms. The van der Waals surface area contributed by atoms with Crippen molar-refractivity contribution in [3.8, 4) is 11.8 Å². The normalized spacial score (nSPS) is 15.8. The minimum atomic E-state index is -0.443. The van der Waals surface area contributed by atoms with Gasteiger partial charge in [0.25, 0.3) is 0 Å². The number of amides is 2. The lowest BCUT2D eigenvalue weighted by molar-refractivity contribution is -0.121. The number of benzene rings is 2. The number of aryl methyl sites for hydroxylation is 1. The van der Waals surface area contributed by atoms with E-state index in [1.165, 1.54) is 7.11 Å². The first-order chi connectivity index (χ1) is 14.8. The molecule has 2 aromatic carbocycles. The number of carbonyl (C=O) groups is 2. The second-order valence-electron chi connectivity index (χ2n) is 6.85. The molecular weight excluding hydrogens is 502 g/mol. The van der Waals surface area contributed by atoms with Crippen LogP contribution >= 0.6 is 39.3 Å². The Morgan fingerprint density at radius 2 is 2.16 bits per heavy atom. The number of anilines is 1. The second-order valence-corrected chi connectivity index (χ2v) is 9.10. The molecule has 0 bridgehead atoms. The summed E-state index contributed by atoms with van der Waals surface area (Å²) in [4.78, 5) is 24.7. The zero-order chi connectivity index (χ0) is 22.5. The van der Waals surface area contributed by atoms with Crippen LogP contribution in [0.1, 0.15) is 23.5 Å². The van der Waals surface area contributed by atoms with Crippen LogP contribution in [-0.2, 0) is 9.59 Å². The van der Waals surface area contributed by atoms with Gasteiger partial charge in [-0.05, 0) is 48.4 Å². The molecule has 0 aliphatic carbocycles. The highest BCUT2D eigenvalue weighted by atomic mass is 79.9. The molecular formula is C22H19BrClN3O3S. The summed E-state index contributed by atoms with van der Waals surface area (Å²) in [6, 6.07) is 12.9. The minimum absolute atomic E-state index is 0.0476. The lowest BCUT2D eigenvalue weighted by Gasteiger charge is -2.25. The van der Waals surface area contributed by atoms with Gasteiger partial charge in [-0.3, -0.25) is 9.59 Å². The standard InChI is InChI=1S/C22H19BrClN3O3S/c1-12-7-14(4-5-17(12)23)26-21(29)11-31-22-16(10-25)15(9-20(28)27-22)13-3-6-19(30-2)18(24)8-13/h3-8,15H,9,11H2,1-2H3,(H,26,29)(H,27,28)/t15-/m0/s1. The summed E-state index contributed by atoms with van der Waals surface area (Å²) < 4.78 is 6.13. The first-order valence-corrected chi connectivity index (χ1v) is 11.4. The molecule has 2 amide bonds. The number of hydrogen-bond donors (Lipinski definition) is 2.